The second kappa shape index (κ2) is 7.33. The van der Waals surface area contributed by atoms with Gasteiger partial charge in [0.2, 0.25) is 10.0 Å². The number of nitrogens with one attached hydrogen (secondary N) is 1. The molecule has 118 valence electrons. The number of sulfonamides is 1. The molecule has 0 amide bonds. The number of likely N-dealkylation sites (tertiary alicyclic amines) is 1. The van der Waals surface area contributed by atoms with E-state index in [1.807, 2.05) is 0 Å². The van der Waals surface area contributed by atoms with Crippen LogP contribution in [0.5, 0.6) is 0 Å². The summed E-state index contributed by atoms with van der Waals surface area (Å²) in [4.78, 5) is 2.11. The first-order valence-corrected chi connectivity index (χ1v) is 8.97. The van der Waals surface area contributed by atoms with Crippen molar-refractivity contribution < 1.29 is 12.8 Å². The molecule has 1 saturated heterocycles. The Morgan fingerprint density at radius 3 is 2.81 bits per heavy atom. The van der Waals surface area contributed by atoms with Crippen LogP contribution in [0.3, 0.4) is 0 Å². The molecule has 0 bridgehead atoms. The normalized spacial score (nSPS) is 20.6. The van der Waals surface area contributed by atoms with Gasteiger partial charge in [-0.1, -0.05) is 18.6 Å². The fourth-order valence-electron chi connectivity index (χ4n) is 2.72. The highest BCUT2D eigenvalue weighted by Gasteiger charge is 2.19. The molecular weight excluding hydrogens is 291 g/mol. The number of piperidine rings is 1. The number of hydrogen-bond acceptors (Lipinski definition) is 3. The maximum absolute atomic E-state index is 13.5. The third-order valence-electron chi connectivity index (χ3n) is 3.98. The lowest BCUT2D eigenvalue weighted by Crippen LogP contribution is -2.39. The summed E-state index contributed by atoms with van der Waals surface area (Å²) in [7, 11) is -3.75. The van der Waals surface area contributed by atoms with E-state index in [1.54, 1.807) is 0 Å². The van der Waals surface area contributed by atoms with Crippen LogP contribution in [0.4, 0.5) is 4.39 Å². The van der Waals surface area contributed by atoms with Crippen LogP contribution in [0.1, 0.15) is 32.6 Å². The molecule has 21 heavy (non-hydrogen) atoms. The van der Waals surface area contributed by atoms with E-state index in [-0.39, 0.29) is 4.90 Å². The molecule has 1 heterocycles. The van der Waals surface area contributed by atoms with Crippen molar-refractivity contribution in [3.63, 3.8) is 0 Å². The average molecular weight is 314 g/mol. The lowest BCUT2D eigenvalue weighted by atomic mass is 10.0. The van der Waals surface area contributed by atoms with Crippen molar-refractivity contribution in [2.24, 2.45) is 0 Å². The van der Waals surface area contributed by atoms with Crippen LogP contribution >= 0.6 is 0 Å². The quantitative estimate of drug-likeness (QED) is 0.820. The van der Waals surface area contributed by atoms with Crippen LogP contribution in [-0.4, -0.2) is 39.0 Å². The fraction of sp³-hybridized carbons (Fsp3) is 0.600. The van der Waals surface area contributed by atoms with E-state index < -0.39 is 15.8 Å². The van der Waals surface area contributed by atoms with Gasteiger partial charge in [-0.2, -0.15) is 0 Å². The number of nitrogens with zero attached hydrogens (tertiary/aromatic N) is 1. The summed E-state index contributed by atoms with van der Waals surface area (Å²) < 4.78 is 40.0. The van der Waals surface area contributed by atoms with Crippen molar-refractivity contribution in [1.82, 2.24) is 9.62 Å². The first-order chi connectivity index (χ1) is 10.0. The van der Waals surface area contributed by atoms with Crippen LogP contribution in [0.25, 0.3) is 0 Å². The number of benzene rings is 1. The first kappa shape index (κ1) is 16.4. The monoisotopic (exact) mass is 314 g/mol. The fourth-order valence-corrected chi connectivity index (χ4v) is 3.87. The maximum atomic E-state index is 13.5. The van der Waals surface area contributed by atoms with Gasteiger partial charge in [0.05, 0.1) is 0 Å². The van der Waals surface area contributed by atoms with Crippen LogP contribution in [0.15, 0.2) is 29.2 Å². The highest BCUT2D eigenvalue weighted by molar-refractivity contribution is 7.89. The maximum Gasteiger partial charge on any atom is 0.243 e. The van der Waals surface area contributed by atoms with E-state index >= 15 is 0 Å². The molecule has 1 aliphatic rings. The predicted octanol–water partition coefficient (Wildman–Crippen LogP) is 2.37. The second-order valence-corrected chi connectivity index (χ2v) is 7.30. The van der Waals surface area contributed by atoms with Crippen LogP contribution in [0, 0.1) is 5.82 Å². The second-order valence-electron chi connectivity index (χ2n) is 5.56. The average Bonchev–Trinajstić information content (AvgIpc) is 2.45. The van der Waals surface area contributed by atoms with Crippen molar-refractivity contribution >= 4 is 10.0 Å². The zero-order valence-corrected chi connectivity index (χ0v) is 13.2. The van der Waals surface area contributed by atoms with Gasteiger partial charge in [0.15, 0.2) is 0 Å². The third-order valence-corrected chi connectivity index (χ3v) is 5.48. The molecule has 1 aromatic carbocycles. The van der Waals surface area contributed by atoms with Crippen LogP contribution in [0.2, 0.25) is 0 Å². The molecule has 1 aromatic rings. The smallest absolute Gasteiger partial charge is 0.243 e. The van der Waals surface area contributed by atoms with Gasteiger partial charge in [0.25, 0.3) is 0 Å². The Balaban J connectivity index is 1.81. The van der Waals surface area contributed by atoms with E-state index in [4.69, 9.17) is 0 Å². The van der Waals surface area contributed by atoms with Gasteiger partial charge in [-0.05, 0) is 51.4 Å². The Hall–Kier alpha value is -0.980. The topological polar surface area (TPSA) is 49.4 Å². The van der Waals surface area contributed by atoms with Gasteiger partial charge in [0, 0.05) is 12.6 Å². The molecule has 0 aromatic heterocycles. The summed E-state index contributed by atoms with van der Waals surface area (Å²) in [6, 6.07) is 6.01. The Bertz CT molecular complexity index is 563. The van der Waals surface area contributed by atoms with Gasteiger partial charge in [-0.15, -0.1) is 0 Å². The number of rotatable bonds is 6. The summed E-state index contributed by atoms with van der Waals surface area (Å²) in [5.41, 5.74) is 0. The van der Waals surface area contributed by atoms with Gasteiger partial charge in [-0.25, -0.2) is 17.5 Å². The summed E-state index contributed by atoms with van der Waals surface area (Å²) in [5, 5.41) is 0. The molecule has 0 radical (unpaired) electrons. The molecule has 1 unspecified atom stereocenters. The van der Waals surface area contributed by atoms with Crippen molar-refractivity contribution in [2.75, 3.05) is 19.6 Å². The molecule has 6 heteroatoms. The van der Waals surface area contributed by atoms with E-state index in [2.05, 4.69) is 16.5 Å². The minimum atomic E-state index is -3.75. The minimum absolute atomic E-state index is 0.281. The highest BCUT2D eigenvalue weighted by atomic mass is 32.2. The van der Waals surface area contributed by atoms with Crippen LogP contribution in [-0.2, 0) is 10.0 Å². The number of halogens is 1. The summed E-state index contributed by atoms with van der Waals surface area (Å²) in [5.74, 6) is -0.713. The van der Waals surface area contributed by atoms with Gasteiger partial charge in [-0.3, -0.25) is 0 Å². The summed E-state index contributed by atoms with van der Waals surface area (Å²) >= 11 is 0. The zero-order valence-electron chi connectivity index (χ0n) is 12.4. The Labute approximate surface area is 126 Å². The molecule has 4 nitrogen and oxygen atoms in total. The Kier molecular flexibility index (Phi) is 5.72. The molecule has 0 saturated carbocycles. The van der Waals surface area contributed by atoms with E-state index in [0.29, 0.717) is 12.6 Å². The Morgan fingerprint density at radius 1 is 1.33 bits per heavy atom. The summed E-state index contributed by atoms with van der Waals surface area (Å²) in [6.07, 6.45) is 4.43. The van der Waals surface area contributed by atoms with E-state index in [0.717, 1.165) is 25.6 Å². The first-order valence-electron chi connectivity index (χ1n) is 7.49. The zero-order chi connectivity index (χ0) is 15.3. The van der Waals surface area contributed by atoms with Crippen molar-refractivity contribution in [3.8, 4) is 0 Å². The molecule has 0 spiro atoms. The molecule has 2 rings (SSSR count). The van der Waals surface area contributed by atoms with E-state index in [9.17, 15) is 12.8 Å². The molecule has 1 atom stereocenters. The van der Waals surface area contributed by atoms with Crippen molar-refractivity contribution in [3.05, 3.63) is 30.1 Å². The molecule has 1 N–H and O–H groups in total. The molecule has 1 aliphatic heterocycles. The molecule has 0 aliphatic carbocycles. The largest absolute Gasteiger partial charge is 0.301 e. The molecule has 1 fully saturated rings. The van der Waals surface area contributed by atoms with Gasteiger partial charge in [0.1, 0.15) is 10.7 Å². The van der Waals surface area contributed by atoms with Crippen LogP contribution < -0.4 is 4.72 Å². The third kappa shape index (κ3) is 4.49. The van der Waals surface area contributed by atoms with Crippen molar-refractivity contribution in [2.45, 2.75) is 43.5 Å². The number of hydrogen-bond donors (Lipinski definition) is 1. The molecular formula is C15H23FN2O2S. The van der Waals surface area contributed by atoms with E-state index in [1.165, 1.54) is 37.5 Å². The van der Waals surface area contributed by atoms with Gasteiger partial charge < -0.3 is 4.90 Å². The standard InChI is InChI=1S/C15H23FN2O2S/c1-13-7-4-5-11-18(13)12-6-10-17-21(19,20)15-9-3-2-8-14(15)16/h2-3,8-9,13,17H,4-7,10-12H2,1H3. The predicted molar refractivity (Wildman–Crippen MR) is 81.1 cm³/mol. The SMILES string of the molecule is CC1CCCCN1CCCNS(=O)(=O)c1ccccc1F. The summed E-state index contributed by atoms with van der Waals surface area (Å²) in [6.45, 7) is 4.50. The lowest BCUT2D eigenvalue weighted by molar-refractivity contribution is 0.159. The Morgan fingerprint density at radius 2 is 2.10 bits per heavy atom. The lowest BCUT2D eigenvalue weighted by Gasteiger charge is -2.33. The minimum Gasteiger partial charge on any atom is -0.301 e. The van der Waals surface area contributed by atoms with Gasteiger partial charge >= 0.3 is 0 Å². The van der Waals surface area contributed by atoms with Crippen molar-refractivity contribution in [1.29, 1.82) is 0 Å². The highest BCUT2D eigenvalue weighted by Crippen LogP contribution is 2.16.